The molecule has 0 aromatic heterocycles. The lowest BCUT2D eigenvalue weighted by Gasteiger charge is -2.22. The molecule has 2 aromatic rings. The fourth-order valence-corrected chi connectivity index (χ4v) is 2.39. The van der Waals surface area contributed by atoms with E-state index in [-0.39, 0.29) is 0 Å². The van der Waals surface area contributed by atoms with Crippen molar-refractivity contribution in [2.75, 3.05) is 18.5 Å². The van der Waals surface area contributed by atoms with Gasteiger partial charge in [-0.2, -0.15) is 0 Å². The van der Waals surface area contributed by atoms with Crippen LogP contribution in [0.2, 0.25) is 0 Å². The highest BCUT2D eigenvalue weighted by Gasteiger charge is 2.07. The van der Waals surface area contributed by atoms with Crippen LogP contribution in [0, 0.1) is 13.8 Å². The van der Waals surface area contributed by atoms with E-state index < -0.39 is 0 Å². The highest BCUT2D eigenvalue weighted by Crippen LogP contribution is 2.27. The van der Waals surface area contributed by atoms with Crippen molar-refractivity contribution >= 4 is 11.4 Å². The molecule has 0 aliphatic rings. The molecule has 0 aliphatic carbocycles. The molecule has 0 saturated heterocycles. The van der Waals surface area contributed by atoms with Crippen LogP contribution in [0.15, 0.2) is 42.5 Å². The Labute approximate surface area is 115 Å². The first-order valence-electron chi connectivity index (χ1n) is 6.72. The summed E-state index contributed by atoms with van der Waals surface area (Å²) in [7, 11) is 2.11. The standard InChI is InChI=1S/C17H22N2/c1-13-5-4-6-16(11-13)19(3)17-8-7-15(9-10-18)12-14(17)2/h4-8,11-12H,9-10,18H2,1-3H3. The van der Waals surface area contributed by atoms with Gasteiger partial charge in [-0.3, -0.25) is 0 Å². The summed E-state index contributed by atoms with van der Waals surface area (Å²) in [6.45, 7) is 4.97. The molecule has 0 saturated carbocycles. The van der Waals surface area contributed by atoms with E-state index in [1.54, 1.807) is 0 Å². The van der Waals surface area contributed by atoms with Gasteiger partial charge < -0.3 is 10.6 Å². The third-order valence-electron chi connectivity index (χ3n) is 3.44. The van der Waals surface area contributed by atoms with Gasteiger partial charge in [0.1, 0.15) is 0 Å². The van der Waals surface area contributed by atoms with Crippen molar-refractivity contribution in [2.45, 2.75) is 20.3 Å². The Balaban J connectivity index is 2.31. The molecule has 2 rings (SSSR count). The number of benzene rings is 2. The molecule has 2 N–H and O–H groups in total. The van der Waals surface area contributed by atoms with Crippen LogP contribution in [0.1, 0.15) is 16.7 Å². The van der Waals surface area contributed by atoms with Crippen molar-refractivity contribution in [1.29, 1.82) is 0 Å². The molecule has 0 aliphatic heterocycles. The highest BCUT2D eigenvalue weighted by atomic mass is 15.1. The molecule has 0 radical (unpaired) electrons. The maximum Gasteiger partial charge on any atom is 0.0437 e. The van der Waals surface area contributed by atoms with Gasteiger partial charge in [-0.05, 0) is 61.7 Å². The summed E-state index contributed by atoms with van der Waals surface area (Å²) in [4.78, 5) is 2.23. The van der Waals surface area contributed by atoms with E-state index in [1.807, 2.05) is 0 Å². The number of rotatable bonds is 4. The zero-order valence-electron chi connectivity index (χ0n) is 12.0. The van der Waals surface area contributed by atoms with Crippen LogP contribution < -0.4 is 10.6 Å². The molecule has 0 amide bonds. The Bertz CT molecular complexity index is 561. The fourth-order valence-electron chi connectivity index (χ4n) is 2.39. The quantitative estimate of drug-likeness (QED) is 0.903. The summed E-state index contributed by atoms with van der Waals surface area (Å²) in [5.74, 6) is 0. The highest BCUT2D eigenvalue weighted by molar-refractivity contribution is 5.66. The third kappa shape index (κ3) is 3.15. The van der Waals surface area contributed by atoms with Crippen LogP contribution in [0.3, 0.4) is 0 Å². The SMILES string of the molecule is Cc1cccc(N(C)c2ccc(CCN)cc2C)c1. The molecule has 0 bridgehead atoms. The molecule has 0 heterocycles. The molecule has 19 heavy (non-hydrogen) atoms. The lowest BCUT2D eigenvalue weighted by atomic mass is 10.1. The van der Waals surface area contributed by atoms with Crippen molar-refractivity contribution in [3.63, 3.8) is 0 Å². The van der Waals surface area contributed by atoms with Gasteiger partial charge in [0.15, 0.2) is 0 Å². The van der Waals surface area contributed by atoms with Crippen LogP contribution in [-0.4, -0.2) is 13.6 Å². The summed E-state index contributed by atoms with van der Waals surface area (Å²) < 4.78 is 0. The normalized spacial score (nSPS) is 10.5. The van der Waals surface area contributed by atoms with Crippen LogP contribution in [0.5, 0.6) is 0 Å². The number of anilines is 2. The van der Waals surface area contributed by atoms with Crippen LogP contribution in [-0.2, 0) is 6.42 Å². The third-order valence-corrected chi connectivity index (χ3v) is 3.44. The fraction of sp³-hybridized carbons (Fsp3) is 0.294. The van der Waals surface area contributed by atoms with Crippen molar-refractivity contribution in [3.8, 4) is 0 Å². The Morgan fingerprint density at radius 2 is 1.84 bits per heavy atom. The zero-order chi connectivity index (χ0) is 13.8. The summed E-state index contributed by atoms with van der Waals surface area (Å²) in [5.41, 5.74) is 11.9. The van der Waals surface area contributed by atoms with Crippen molar-refractivity contribution in [2.24, 2.45) is 5.73 Å². The Morgan fingerprint density at radius 1 is 1.05 bits per heavy atom. The molecular weight excluding hydrogens is 232 g/mol. The van der Waals surface area contributed by atoms with E-state index >= 15 is 0 Å². The van der Waals surface area contributed by atoms with E-state index in [9.17, 15) is 0 Å². The van der Waals surface area contributed by atoms with Gasteiger partial charge in [0.25, 0.3) is 0 Å². The molecule has 2 aromatic carbocycles. The topological polar surface area (TPSA) is 29.3 Å². The minimum atomic E-state index is 0.701. The number of nitrogens with zero attached hydrogens (tertiary/aromatic N) is 1. The largest absolute Gasteiger partial charge is 0.344 e. The van der Waals surface area contributed by atoms with Gasteiger partial charge in [0, 0.05) is 18.4 Å². The monoisotopic (exact) mass is 254 g/mol. The Hall–Kier alpha value is -1.80. The van der Waals surface area contributed by atoms with E-state index in [0.717, 1.165) is 6.42 Å². The first-order chi connectivity index (χ1) is 9.11. The second-order valence-electron chi connectivity index (χ2n) is 5.06. The number of hydrogen-bond donors (Lipinski definition) is 1. The Kier molecular flexibility index (Phi) is 4.23. The summed E-state index contributed by atoms with van der Waals surface area (Å²) in [6.07, 6.45) is 0.940. The van der Waals surface area contributed by atoms with Gasteiger partial charge >= 0.3 is 0 Å². The second kappa shape index (κ2) is 5.89. The van der Waals surface area contributed by atoms with Crippen molar-refractivity contribution in [1.82, 2.24) is 0 Å². The molecule has 0 atom stereocenters. The van der Waals surface area contributed by atoms with E-state index in [4.69, 9.17) is 5.73 Å². The molecule has 100 valence electrons. The van der Waals surface area contributed by atoms with Gasteiger partial charge in [-0.15, -0.1) is 0 Å². The van der Waals surface area contributed by atoms with Crippen molar-refractivity contribution in [3.05, 3.63) is 59.2 Å². The van der Waals surface area contributed by atoms with Gasteiger partial charge in [-0.25, -0.2) is 0 Å². The van der Waals surface area contributed by atoms with Crippen molar-refractivity contribution < 1.29 is 0 Å². The molecule has 0 fully saturated rings. The predicted molar refractivity (Wildman–Crippen MR) is 83.2 cm³/mol. The number of nitrogens with two attached hydrogens (primary N) is 1. The van der Waals surface area contributed by atoms with Gasteiger partial charge in [0.2, 0.25) is 0 Å². The Morgan fingerprint density at radius 3 is 2.47 bits per heavy atom. The summed E-state index contributed by atoms with van der Waals surface area (Å²) in [6, 6.07) is 15.1. The predicted octanol–water partition coefficient (Wildman–Crippen LogP) is 3.57. The van der Waals surface area contributed by atoms with E-state index in [0.29, 0.717) is 6.54 Å². The maximum absolute atomic E-state index is 5.61. The molecule has 0 unspecified atom stereocenters. The lowest BCUT2D eigenvalue weighted by molar-refractivity contribution is 0.965. The summed E-state index contributed by atoms with van der Waals surface area (Å²) >= 11 is 0. The molecule has 0 spiro atoms. The lowest BCUT2D eigenvalue weighted by Crippen LogP contribution is -2.11. The first kappa shape index (κ1) is 13.6. The second-order valence-corrected chi connectivity index (χ2v) is 5.06. The molecular formula is C17H22N2. The summed E-state index contributed by atoms with van der Waals surface area (Å²) in [5, 5.41) is 0. The van der Waals surface area contributed by atoms with Gasteiger partial charge in [0.05, 0.1) is 0 Å². The maximum atomic E-state index is 5.61. The minimum Gasteiger partial charge on any atom is -0.344 e. The van der Waals surface area contributed by atoms with Gasteiger partial charge in [-0.1, -0.05) is 24.3 Å². The molecule has 2 nitrogen and oxygen atoms in total. The van der Waals surface area contributed by atoms with Crippen LogP contribution in [0.25, 0.3) is 0 Å². The average Bonchev–Trinajstić information content (AvgIpc) is 2.38. The smallest absolute Gasteiger partial charge is 0.0437 e. The van der Waals surface area contributed by atoms with Crippen LogP contribution in [0.4, 0.5) is 11.4 Å². The van der Waals surface area contributed by atoms with E-state index in [1.165, 1.54) is 28.1 Å². The van der Waals surface area contributed by atoms with Crippen LogP contribution >= 0.6 is 0 Å². The number of aryl methyl sites for hydroxylation is 2. The first-order valence-corrected chi connectivity index (χ1v) is 6.72. The molecule has 2 heteroatoms. The number of hydrogen-bond acceptors (Lipinski definition) is 2. The van der Waals surface area contributed by atoms with E-state index in [2.05, 4.69) is 68.3 Å². The average molecular weight is 254 g/mol. The zero-order valence-corrected chi connectivity index (χ0v) is 12.0. The minimum absolute atomic E-state index is 0.701.